The Balaban J connectivity index is 1.61. The Morgan fingerprint density at radius 1 is 1.07 bits per heavy atom. The van der Waals surface area contributed by atoms with Crippen LogP contribution in [0.1, 0.15) is 34.3 Å². The standard InChI is InChI=1S/C20H18BrF3N2O2/c21-16-9-5-14(6-10-16)19(28)26-11-1-2-17(26)18(27)25-12-13-3-7-15(8-4-13)20(22,23)24/h3-10,17H,1-2,11-12H2,(H,25,27). The maximum atomic E-state index is 12.7. The molecule has 0 radical (unpaired) electrons. The van der Waals surface area contributed by atoms with Crippen molar-refractivity contribution in [1.82, 2.24) is 10.2 Å². The van der Waals surface area contributed by atoms with E-state index in [0.29, 0.717) is 24.1 Å². The molecular weight excluding hydrogens is 437 g/mol. The Hall–Kier alpha value is -2.35. The number of carbonyl (C=O) groups excluding carboxylic acids is 2. The second kappa shape index (κ2) is 8.34. The molecule has 1 fully saturated rings. The van der Waals surface area contributed by atoms with Gasteiger partial charge in [-0.1, -0.05) is 28.1 Å². The fourth-order valence-electron chi connectivity index (χ4n) is 3.16. The second-order valence-corrected chi connectivity index (χ2v) is 7.49. The van der Waals surface area contributed by atoms with Crippen LogP contribution in [0.3, 0.4) is 0 Å². The molecule has 8 heteroatoms. The maximum Gasteiger partial charge on any atom is 0.416 e. The van der Waals surface area contributed by atoms with Gasteiger partial charge in [0.25, 0.3) is 5.91 Å². The van der Waals surface area contributed by atoms with Gasteiger partial charge in [0.2, 0.25) is 5.91 Å². The van der Waals surface area contributed by atoms with Crippen LogP contribution in [-0.4, -0.2) is 29.3 Å². The Morgan fingerprint density at radius 3 is 2.32 bits per heavy atom. The summed E-state index contributed by atoms with van der Waals surface area (Å²) in [6.45, 7) is 0.598. The molecule has 0 spiro atoms. The van der Waals surface area contributed by atoms with Gasteiger partial charge in [0.1, 0.15) is 6.04 Å². The second-order valence-electron chi connectivity index (χ2n) is 6.58. The molecule has 0 aliphatic carbocycles. The molecule has 1 N–H and O–H groups in total. The van der Waals surface area contributed by atoms with Crippen LogP contribution in [0.2, 0.25) is 0 Å². The number of nitrogens with zero attached hydrogens (tertiary/aromatic N) is 1. The Morgan fingerprint density at radius 2 is 1.71 bits per heavy atom. The minimum absolute atomic E-state index is 0.105. The van der Waals surface area contributed by atoms with Crippen molar-refractivity contribution >= 4 is 27.7 Å². The molecule has 0 bridgehead atoms. The van der Waals surface area contributed by atoms with Gasteiger partial charge in [-0.05, 0) is 54.8 Å². The number of hydrogen-bond donors (Lipinski definition) is 1. The lowest BCUT2D eigenvalue weighted by Gasteiger charge is -2.24. The van der Waals surface area contributed by atoms with Crippen LogP contribution in [0, 0.1) is 0 Å². The minimum atomic E-state index is -4.39. The predicted octanol–water partition coefficient (Wildman–Crippen LogP) is 4.39. The Bertz CT molecular complexity index is 851. The van der Waals surface area contributed by atoms with E-state index in [1.807, 2.05) is 0 Å². The van der Waals surface area contributed by atoms with Crippen molar-refractivity contribution in [2.75, 3.05) is 6.54 Å². The van der Waals surface area contributed by atoms with Crippen LogP contribution in [0.5, 0.6) is 0 Å². The zero-order chi connectivity index (χ0) is 20.3. The smallest absolute Gasteiger partial charge is 0.350 e. The van der Waals surface area contributed by atoms with E-state index in [1.165, 1.54) is 12.1 Å². The van der Waals surface area contributed by atoms with E-state index < -0.39 is 17.8 Å². The summed E-state index contributed by atoms with van der Waals surface area (Å²) < 4.78 is 38.7. The largest absolute Gasteiger partial charge is 0.416 e. The monoisotopic (exact) mass is 454 g/mol. The van der Waals surface area contributed by atoms with Gasteiger partial charge >= 0.3 is 6.18 Å². The molecular formula is C20H18BrF3N2O2. The zero-order valence-electron chi connectivity index (χ0n) is 14.8. The van der Waals surface area contributed by atoms with Gasteiger partial charge in [-0.25, -0.2) is 0 Å². The van der Waals surface area contributed by atoms with E-state index in [2.05, 4.69) is 21.2 Å². The van der Waals surface area contributed by atoms with E-state index in [-0.39, 0.29) is 18.4 Å². The number of alkyl halides is 3. The maximum absolute atomic E-state index is 12.7. The molecule has 148 valence electrons. The van der Waals surface area contributed by atoms with E-state index in [1.54, 1.807) is 29.2 Å². The average molecular weight is 455 g/mol. The van der Waals surface area contributed by atoms with Crippen molar-refractivity contribution < 1.29 is 22.8 Å². The molecule has 2 amide bonds. The van der Waals surface area contributed by atoms with Crippen LogP contribution in [0.4, 0.5) is 13.2 Å². The molecule has 28 heavy (non-hydrogen) atoms. The van der Waals surface area contributed by atoms with E-state index >= 15 is 0 Å². The molecule has 1 aliphatic rings. The molecule has 2 aromatic carbocycles. The van der Waals surface area contributed by atoms with Crippen LogP contribution < -0.4 is 5.32 Å². The first-order valence-corrected chi connectivity index (χ1v) is 9.55. The van der Waals surface area contributed by atoms with Gasteiger partial charge in [-0.3, -0.25) is 9.59 Å². The van der Waals surface area contributed by atoms with Gasteiger partial charge in [0.05, 0.1) is 5.56 Å². The molecule has 1 heterocycles. The molecule has 0 aromatic heterocycles. The van der Waals surface area contributed by atoms with E-state index in [4.69, 9.17) is 0 Å². The van der Waals surface area contributed by atoms with Crippen LogP contribution in [0.25, 0.3) is 0 Å². The van der Waals surface area contributed by atoms with E-state index in [9.17, 15) is 22.8 Å². The van der Waals surface area contributed by atoms with Crippen LogP contribution in [-0.2, 0) is 17.5 Å². The molecule has 1 atom stereocenters. The number of hydrogen-bond acceptors (Lipinski definition) is 2. The third kappa shape index (κ3) is 4.73. The molecule has 1 unspecified atom stereocenters. The first kappa shape index (κ1) is 20.4. The SMILES string of the molecule is O=C(NCc1ccc(C(F)(F)F)cc1)C1CCCN1C(=O)c1ccc(Br)cc1. The highest BCUT2D eigenvalue weighted by atomic mass is 79.9. The first-order chi connectivity index (χ1) is 13.3. The molecule has 3 rings (SSSR count). The lowest BCUT2D eigenvalue weighted by Crippen LogP contribution is -2.45. The highest BCUT2D eigenvalue weighted by Crippen LogP contribution is 2.29. The molecule has 2 aromatic rings. The number of benzene rings is 2. The highest BCUT2D eigenvalue weighted by molar-refractivity contribution is 9.10. The lowest BCUT2D eigenvalue weighted by molar-refractivity contribution is -0.137. The van der Waals surface area contributed by atoms with Crippen LogP contribution >= 0.6 is 15.9 Å². The van der Waals surface area contributed by atoms with Gasteiger partial charge < -0.3 is 10.2 Å². The summed E-state index contributed by atoms with van der Waals surface area (Å²) in [6.07, 6.45) is -3.11. The fourth-order valence-corrected chi connectivity index (χ4v) is 3.42. The lowest BCUT2D eigenvalue weighted by atomic mass is 10.1. The number of likely N-dealkylation sites (tertiary alicyclic amines) is 1. The van der Waals surface area contributed by atoms with Gasteiger partial charge in [0, 0.05) is 23.1 Å². The third-order valence-corrected chi connectivity index (χ3v) is 5.18. The number of rotatable bonds is 4. The molecule has 0 saturated carbocycles. The quantitative estimate of drug-likeness (QED) is 0.744. The summed E-state index contributed by atoms with van der Waals surface area (Å²) >= 11 is 3.32. The predicted molar refractivity (Wildman–Crippen MR) is 101 cm³/mol. The first-order valence-electron chi connectivity index (χ1n) is 8.76. The number of nitrogens with one attached hydrogen (secondary N) is 1. The van der Waals surface area contributed by atoms with Crippen LogP contribution in [0.15, 0.2) is 53.0 Å². The minimum Gasteiger partial charge on any atom is -0.350 e. The summed E-state index contributed by atoms with van der Waals surface area (Å²) in [5.74, 6) is -0.512. The topological polar surface area (TPSA) is 49.4 Å². The zero-order valence-corrected chi connectivity index (χ0v) is 16.4. The van der Waals surface area contributed by atoms with Crippen molar-refractivity contribution in [2.24, 2.45) is 0 Å². The van der Waals surface area contributed by atoms with E-state index in [0.717, 1.165) is 23.0 Å². The third-order valence-electron chi connectivity index (χ3n) is 4.66. The van der Waals surface area contributed by atoms with Crippen molar-refractivity contribution in [3.05, 3.63) is 69.7 Å². The fraction of sp³-hybridized carbons (Fsp3) is 0.300. The summed E-state index contributed by atoms with van der Waals surface area (Å²) in [5, 5.41) is 2.72. The number of carbonyl (C=O) groups is 2. The van der Waals surface area contributed by atoms with Crippen molar-refractivity contribution in [1.29, 1.82) is 0 Å². The molecule has 1 saturated heterocycles. The Kier molecular flexibility index (Phi) is 6.07. The van der Waals surface area contributed by atoms with Crippen molar-refractivity contribution in [2.45, 2.75) is 31.6 Å². The van der Waals surface area contributed by atoms with Crippen molar-refractivity contribution in [3.63, 3.8) is 0 Å². The number of amides is 2. The van der Waals surface area contributed by atoms with Crippen molar-refractivity contribution in [3.8, 4) is 0 Å². The van der Waals surface area contributed by atoms with Gasteiger partial charge in [-0.2, -0.15) is 13.2 Å². The average Bonchev–Trinajstić information content (AvgIpc) is 3.15. The summed E-state index contributed by atoms with van der Waals surface area (Å²) in [7, 11) is 0. The highest BCUT2D eigenvalue weighted by Gasteiger charge is 2.34. The molecule has 4 nitrogen and oxygen atoms in total. The molecule has 1 aliphatic heterocycles. The van der Waals surface area contributed by atoms with Gasteiger partial charge in [-0.15, -0.1) is 0 Å². The summed E-state index contributed by atoms with van der Waals surface area (Å²) in [6, 6.07) is 11.0. The number of halogens is 4. The normalized spacial score (nSPS) is 16.9. The van der Waals surface area contributed by atoms with Gasteiger partial charge in [0.15, 0.2) is 0 Å². The summed E-state index contributed by atoms with van der Waals surface area (Å²) in [4.78, 5) is 26.8. The summed E-state index contributed by atoms with van der Waals surface area (Å²) in [5.41, 5.74) is 0.334. The Labute approximate surface area is 168 Å².